The minimum Gasteiger partial charge on any atom is -0.450 e. The highest BCUT2D eigenvalue weighted by atomic mass is 32.2. The highest BCUT2D eigenvalue weighted by molar-refractivity contribution is 7.89. The van der Waals surface area contributed by atoms with Gasteiger partial charge in [0.2, 0.25) is 10.0 Å². The highest BCUT2D eigenvalue weighted by Gasteiger charge is 2.31. The Labute approximate surface area is 109 Å². The number of carbonyl (C=O) groups excluding carboxylic acids is 1. The van der Waals surface area contributed by atoms with E-state index < -0.39 is 21.4 Å². The molecule has 0 aromatic heterocycles. The van der Waals surface area contributed by atoms with E-state index in [2.05, 4.69) is 5.32 Å². The summed E-state index contributed by atoms with van der Waals surface area (Å²) in [6, 6.07) is -0.161. The Kier molecular flexibility index (Phi) is 5.40. The van der Waals surface area contributed by atoms with E-state index in [1.165, 1.54) is 4.31 Å². The molecule has 1 N–H and O–H groups in total. The second kappa shape index (κ2) is 6.38. The van der Waals surface area contributed by atoms with Gasteiger partial charge in [-0.15, -0.1) is 0 Å². The Hall–Kier alpha value is -0.820. The van der Waals surface area contributed by atoms with Crippen LogP contribution in [-0.2, 0) is 14.8 Å². The summed E-state index contributed by atoms with van der Waals surface area (Å²) in [7, 11) is -3.24. The molecular weight excluding hydrogens is 256 g/mol. The lowest BCUT2D eigenvalue weighted by molar-refractivity contribution is 0.142. The summed E-state index contributed by atoms with van der Waals surface area (Å²) in [5.74, 6) is 0. The molecule has 0 bridgehead atoms. The van der Waals surface area contributed by atoms with E-state index in [-0.39, 0.29) is 6.04 Å². The predicted molar refractivity (Wildman–Crippen MR) is 68.8 cm³/mol. The summed E-state index contributed by atoms with van der Waals surface area (Å²) >= 11 is 0. The van der Waals surface area contributed by atoms with Gasteiger partial charge in [-0.3, -0.25) is 0 Å². The molecule has 0 saturated carbocycles. The van der Waals surface area contributed by atoms with Gasteiger partial charge < -0.3 is 10.1 Å². The molecule has 1 heterocycles. The predicted octanol–water partition coefficient (Wildman–Crippen LogP) is 0.935. The van der Waals surface area contributed by atoms with E-state index in [1.807, 2.05) is 0 Å². The van der Waals surface area contributed by atoms with E-state index >= 15 is 0 Å². The number of carbonyl (C=O) groups is 1. The van der Waals surface area contributed by atoms with E-state index in [9.17, 15) is 13.2 Å². The lowest BCUT2D eigenvalue weighted by Crippen LogP contribution is -2.51. The van der Waals surface area contributed by atoms with Crippen LogP contribution in [0.15, 0.2) is 0 Å². The van der Waals surface area contributed by atoms with Crippen molar-refractivity contribution in [1.82, 2.24) is 9.62 Å². The van der Waals surface area contributed by atoms with Crippen molar-refractivity contribution in [2.24, 2.45) is 0 Å². The number of rotatable bonds is 4. The quantitative estimate of drug-likeness (QED) is 0.830. The second-order valence-electron chi connectivity index (χ2n) is 4.66. The van der Waals surface area contributed by atoms with Crippen LogP contribution in [0, 0.1) is 0 Å². The van der Waals surface area contributed by atoms with E-state index in [0.29, 0.717) is 19.7 Å². The van der Waals surface area contributed by atoms with Gasteiger partial charge in [0.25, 0.3) is 0 Å². The van der Waals surface area contributed by atoms with Crippen LogP contribution in [0.2, 0.25) is 0 Å². The molecule has 1 amide bonds. The molecule has 1 atom stereocenters. The largest absolute Gasteiger partial charge is 0.450 e. The fourth-order valence-corrected chi connectivity index (χ4v) is 3.30. The average Bonchev–Trinajstić information content (AvgIpc) is 2.29. The number of hydrogen-bond acceptors (Lipinski definition) is 4. The number of ether oxygens (including phenoxy) is 1. The van der Waals surface area contributed by atoms with Crippen molar-refractivity contribution in [1.29, 1.82) is 0 Å². The number of hydrogen-bond donors (Lipinski definition) is 1. The summed E-state index contributed by atoms with van der Waals surface area (Å²) < 4.78 is 30.3. The first-order chi connectivity index (χ1) is 8.37. The molecule has 1 unspecified atom stereocenters. The minimum atomic E-state index is -3.24. The fourth-order valence-electron chi connectivity index (χ4n) is 1.93. The number of nitrogens with one attached hydrogen (secondary N) is 1. The third-order valence-corrected chi connectivity index (χ3v) is 5.18. The monoisotopic (exact) mass is 278 g/mol. The Morgan fingerprint density at radius 3 is 2.72 bits per heavy atom. The molecule has 1 aliphatic rings. The maximum absolute atomic E-state index is 12.0. The zero-order valence-corrected chi connectivity index (χ0v) is 12.0. The van der Waals surface area contributed by atoms with Gasteiger partial charge in [-0.2, -0.15) is 4.31 Å². The molecular formula is C11H22N2O4S. The first-order valence-electron chi connectivity index (χ1n) is 6.30. The standard InChI is InChI=1S/C11H22N2O4S/c1-4-17-11(14)12-10-6-5-7-13(8-10)18(15,16)9(2)3/h9-10H,4-8H2,1-3H3,(H,12,14). The molecule has 0 spiro atoms. The summed E-state index contributed by atoms with van der Waals surface area (Å²) in [6.07, 6.45) is 1.05. The van der Waals surface area contributed by atoms with Gasteiger partial charge in [-0.05, 0) is 33.6 Å². The van der Waals surface area contributed by atoms with E-state index in [1.54, 1.807) is 20.8 Å². The van der Waals surface area contributed by atoms with Gasteiger partial charge >= 0.3 is 6.09 Å². The van der Waals surface area contributed by atoms with Crippen LogP contribution >= 0.6 is 0 Å². The van der Waals surface area contributed by atoms with E-state index in [4.69, 9.17) is 4.74 Å². The van der Waals surface area contributed by atoms with E-state index in [0.717, 1.165) is 12.8 Å². The van der Waals surface area contributed by atoms with Crippen molar-refractivity contribution in [2.75, 3.05) is 19.7 Å². The Morgan fingerprint density at radius 2 is 2.17 bits per heavy atom. The Bertz CT molecular complexity index is 381. The molecule has 7 heteroatoms. The van der Waals surface area contributed by atoms with Crippen molar-refractivity contribution in [3.63, 3.8) is 0 Å². The van der Waals surface area contributed by atoms with Crippen LogP contribution in [0.3, 0.4) is 0 Å². The maximum Gasteiger partial charge on any atom is 0.407 e. The number of sulfonamides is 1. The molecule has 1 saturated heterocycles. The molecule has 0 aromatic carbocycles. The third-order valence-electron chi connectivity index (χ3n) is 2.94. The molecule has 18 heavy (non-hydrogen) atoms. The average molecular weight is 278 g/mol. The van der Waals surface area contributed by atoms with Gasteiger partial charge in [0, 0.05) is 19.1 Å². The Morgan fingerprint density at radius 1 is 1.50 bits per heavy atom. The number of amides is 1. The van der Waals surface area contributed by atoms with Crippen molar-refractivity contribution in [3.05, 3.63) is 0 Å². The van der Waals surface area contributed by atoms with Crippen LogP contribution in [0.1, 0.15) is 33.6 Å². The molecule has 106 valence electrons. The number of nitrogens with zero attached hydrogens (tertiary/aromatic N) is 1. The maximum atomic E-state index is 12.0. The van der Waals surface area contributed by atoms with Gasteiger partial charge in [-0.25, -0.2) is 13.2 Å². The first-order valence-corrected chi connectivity index (χ1v) is 7.80. The number of piperidine rings is 1. The van der Waals surface area contributed by atoms with Crippen molar-refractivity contribution in [2.45, 2.75) is 44.9 Å². The van der Waals surface area contributed by atoms with Gasteiger partial charge in [0.1, 0.15) is 0 Å². The third kappa shape index (κ3) is 3.84. The lowest BCUT2D eigenvalue weighted by Gasteiger charge is -2.33. The van der Waals surface area contributed by atoms with Crippen LogP contribution in [-0.4, -0.2) is 49.8 Å². The summed E-state index contributed by atoms with van der Waals surface area (Å²) in [5.41, 5.74) is 0. The molecule has 1 aliphatic heterocycles. The summed E-state index contributed by atoms with van der Waals surface area (Å²) in [6.45, 7) is 6.23. The Balaban J connectivity index is 2.59. The topological polar surface area (TPSA) is 75.7 Å². The summed E-state index contributed by atoms with van der Waals surface area (Å²) in [4.78, 5) is 11.3. The fraction of sp³-hybridized carbons (Fsp3) is 0.909. The van der Waals surface area contributed by atoms with Crippen molar-refractivity contribution in [3.8, 4) is 0 Å². The molecule has 0 aliphatic carbocycles. The second-order valence-corrected chi connectivity index (χ2v) is 7.14. The van der Waals surface area contributed by atoms with Gasteiger partial charge in [-0.1, -0.05) is 0 Å². The summed E-state index contributed by atoms with van der Waals surface area (Å²) in [5, 5.41) is 2.26. The minimum absolute atomic E-state index is 0.161. The van der Waals surface area contributed by atoms with Crippen molar-refractivity contribution < 1.29 is 17.9 Å². The molecule has 0 radical (unpaired) electrons. The van der Waals surface area contributed by atoms with Crippen molar-refractivity contribution >= 4 is 16.1 Å². The zero-order valence-electron chi connectivity index (χ0n) is 11.2. The van der Waals surface area contributed by atoms with Crippen LogP contribution in [0.5, 0.6) is 0 Å². The molecule has 1 fully saturated rings. The van der Waals surface area contributed by atoms with Crippen LogP contribution in [0.4, 0.5) is 4.79 Å². The smallest absolute Gasteiger partial charge is 0.407 e. The van der Waals surface area contributed by atoms with Crippen LogP contribution in [0.25, 0.3) is 0 Å². The SMILES string of the molecule is CCOC(=O)NC1CCCN(S(=O)(=O)C(C)C)C1. The van der Waals surface area contributed by atoms with Gasteiger partial charge in [0.15, 0.2) is 0 Å². The highest BCUT2D eigenvalue weighted by Crippen LogP contribution is 2.17. The zero-order chi connectivity index (χ0) is 13.8. The number of alkyl carbamates (subject to hydrolysis) is 1. The van der Waals surface area contributed by atoms with Gasteiger partial charge in [0.05, 0.1) is 11.9 Å². The lowest BCUT2D eigenvalue weighted by atomic mass is 10.1. The molecule has 1 rings (SSSR count). The molecule has 6 nitrogen and oxygen atoms in total. The first kappa shape index (κ1) is 15.2. The van der Waals surface area contributed by atoms with Crippen LogP contribution < -0.4 is 5.32 Å². The molecule has 0 aromatic rings. The normalized spacial score (nSPS) is 21.9.